The van der Waals surface area contributed by atoms with Crippen molar-refractivity contribution in [2.45, 2.75) is 44.6 Å². The van der Waals surface area contributed by atoms with E-state index in [-0.39, 0.29) is 12.5 Å². The molecule has 0 bridgehead atoms. The third kappa shape index (κ3) is 6.51. The number of primary amides is 1. The second kappa shape index (κ2) is 13.2. The Kier molecular flexibility index (Phi) is 9.71. The van der Waals surface area contributed by atoms with Crippen molar-refractivity contribution in [3.63, 3.8) is 0 Å². The predicted octanol–water partition coefficient (Wildman–Crippen LogP) is 3.95. The Hall–Kier alpha value is -3.01. The first kappa shape index (κ1) is 28.0. The summed E-state index contributed by atoms with van der Waals surface area (Å²) in [6, 6.07) is 13.6. The molecular formula is C29H39N5O3S. The monoisotopic (exact) mass is 537 g/mol. The van der Waals surface area contributed by atoms with E-state index in [0.717, 1.165) is 60.4 Å². The van der Waals surface area contributed by atoms with Gasteiger partial charge in [-0.25, -0.2) is 0 Å². The number of carbonyl (C=O) groups is 2. The van der Waals surface area contributed by atoms with Gasteiger partial charge in [0.05, 0.1) is 18.3 Å². The Morgan fingerprint density at radius 1 is 1.08 bits per heavy atom. The van der Waals surface area contributed by atoms with Gasteiger partial charge in [-0.05, 0) is 73.3 Å². The lowest BCUT2D eigenvalue weighted by Gasteiger charge is -2.24. The van der Waals surface area contributed by atoms with Crippen molar-refractivity contribution in [2.75, 3.05) is 40.3 Å². The van der Waals surface area contributed by atoms with Crippen molar-refractivity contribution in [1.29, 1.82) is 0 Å². The zero-order chi connectivity index (χ0) is 27.1. The largest absolute Gasteiger partial charge is 0.497 e. The maximum Gasteiger partial charge on any atom is 0.248 e. The zero-order valence-electron chi connectivity index (χ0n) is 22.3. The highest BCUT2D eigenvalue weighted by Gasteiger charge is 2.27. The molecule has 0 aliphatic heterocycles. The lowest BCUT2D eigenvalue weighted by molar-refractivity contribution is -0.121. The summed E-state index contributed by atoms with van der Waals surface area (Å²) in [4.78, 5) is 27.5. The van der Waals surface area contributed by atoms with Crippen LogP contribution >= 0.6 is 12.8 Å². The van der Waals surface area contributed by atoms with Crippen LogP contribution in [-0.4, -0.2) is 61.6 Å². The van der Waals surface area contributed by atoms with Crippen LogP contribution in [0.2, 0.25) is 0 Å². The van der Waals surface area contributed by atoms with Crippen molar-refractivity contribution >= 4 is 35.5 Å². The number of nitrogens with two attached hydrogens (primary N) is 1. The van der Waals surface area contributed by atoms with E-state index in [4.69, 9.17) is 10.5 Å². The number of benzene rings is 2. The van der Waals surface area contributed by atoms with Crippen molar-refractivity contribution in [3.05, 3.63) is 53.6 Å². The number of aromatic nitrogens is 1. The van der Waals surface area contributed by atoms with Crippen LogP contribution in [0.15, 0.2) is 42.5 Å². The third-order valence-electron chi connectivity index (χ3n) is 7.49. The summed E-state index contributed by atoms with van der Waals surface area (Å²) in [6.07, 6.45) is 5.85. The van der Waals surface area contributed by atoms with Gasteiger partial charge in [-0.15, -0.1) is 0 Å². The summed E-state index contributed by atoms with van der Waals surface area (Å²) in [5.41, 5.74) is 10.3. The summed E-state index contributed by atoms with van der Waals surface area (Å²) in [5.74, 6) is 0.618. The molecule has 2 amide bonds. The minimum absolute atomic E-state index is 0.0722. The van der Waals surface area contributed by atoms with E-state index in [2.05, 4.69) is 32.3 Å². The van der Waals surface area contributed by atoms with E-state index >= 15 is 0 Å². The van der Waals surface area contributed by atoms with Gasteiger partial charge in [0.1, 0.15) is 12.3 Å². The number of rotatable bonds is 12. The van der Waals surface area contributed by atoms with Crippen molar-refractivity contribution in [2.24, 2.45) is 5.73 Å². The molecule has 204 valence electrons. The lowest BCUT2D eigenvalue weighted by Crippen LogP contribution is -2.36. The molecule has 9 heteroatoms. The molecular weight excluding hydrogens is 498 g/mol. The quantitative estimate of drug-likeness (QED) is 0.262. The highest BCUT2D eigenvalue weighted by molar-refractivity contribution is 7.78. The summed E-state index contributed by atoms with van der Waals surface area (Å²) >= 11 is 4.03. The lowest BCUT2D eigenvalue weighted by atomic mass is 9.81. The van der Waals surface area contributed by atoms with Crippen LogP contribution in [0.25, 0.3) is 22.2 Å². The van der Waals surface area contributed by atoms with Gasteiger partial charge in [0.25, 0.3) is 0 Å². The van der Waals surface area contributed by atoms with Crippen molar-refractivity contribution in [1.82, 2.24) is 19.5 Å². The molecule has 0 saturated heterocycles. The molecule has 0 atom stereocenters. The van der Waals surface area contributed by atoms with E-state index in [9.17, 15) is 9.59 Å². The number of thiol groups is 1. The Morgan fingerprint density at radius 3 is 2.45 bits per heavy atom. The minimum Gasteiger partial charge on any atom is -0.497 e. The maximum atomic E-state index is 13.3. The number of likely N-dealkylation sites (N-methyl/N-ethyl adjacent to an activating group) is 1. The maximum absolute atomic E-state index is 13.3. The molecule has 4 rings (SSSR count). The Morgan fingerprint density at radius 2 is 1.79 bits per heavy atom. The minimum atomic E-state index is -0.479. The summed E-state index contributed by atoms with van der Waals surface area (Å²) in [5, 5.41) is 4.16. The molecule has 1 aliphatic carbocycles. The van der Waals surface area contributed by atoms with E-state index < -0.39 is 5.91 Å². The topological polar surface area (TPSA) is 102 Å². The number of ether oxygens (including phenoxy) is 1. The Bertz CT molecular complexity index is 1250. The van der Waals surface area contributed by atoms with Crippen LogP contribution in [-0.2, 0) is 11.3 Å². The van der Waals surface area contributed by atoms with Crippen LogP contribution in [0.5, 0.6) is 5.75 Å². The van der Waals surface area contributed by atoms with Gasteiger partial charge in [-0.1, -0.05) is 38.1 Å². The van der Waals surface area contributed by atoms with Gasteiger partial charge in [0.15, 0.2) is 0 Å². The zero-order valence-corrected chi connectivity index (χ0v) is 23.2. The average Bonchev–Trinajstić information content (AvgIpc) is 3.25. The smallest absolute Gasteiger partial charge is 0.248 e. The highest BCUT2D eigenvalue weighted by atomic mass is 32.1. The summed E-state index contributed by atoms with van der Waals surface area (Å²) in [6.45, 7) is 3.03. The molecule has 8 nitrogen and oxygen atoms in total. The average molecular weight is 538 g/mol. The van der Waals surface area contributed by atoms with E-state index in [1.54, 1.807) is 13.2 Å². The number of nitrogens with zero attached hydrogens (tertiary/aromatic N) is 2. The van der Waals surface area contributed by atoms with E-state index in [1.165, 1.54) is 24.8 Å². The summed E-state index contributed by atoms with van der Waals surface area (Å²) in [7, 11) is 3.67. The molecule has 1 aromatic heterocycles. The van der Waals surface area contributed by atoms with Crippen LogP contribution < -0.4 is 20.5 Å². The number of hydrogen-bond acceptors (Lipinski definition) is 6. The van der Waals surface area contributed by atoms with Crippen molar-refractivity contribution in [3.8, 4) is 17.0 Å². The molecule has 38 heavy (non-hydrogen) atoms. The molecule has 0 spiro atoms. The van der Waals surface area contributed by atoms with Crippen LogP contribution in [0.1, 0.15) is 53.9 Å². The van der Waals surface area contributed by atoms with Gasteiger partial charge in [0.2, 0.25) is 11.8 Å². The Balaban J connectivity index is 1.76. The normalized spacial score (nSPS) is 14.2. The van der Waals surface area contributed by atoms with Gasteiger partial charge in [-0.3, -0.25) is 14.3 Å². The third-order valence-corrected chi connectivity index (χ3v) is 7.71. The summed E-state index contributed by atoms with van der Waals surface area (Å²) < 4.78 is 10.3. The number of hydrogen-bond donors (Lipinski definition) is 4. The van der Waals surface area contributed by atoms with Crippen LogP contribution in [0, 0.1) is 0 Å². The molecule has 1 heterocycles. The molecule has 0 unspecified atom stereocenters. The second-order valence-electron chi connectivity index (χ2n) is 10.1. The van der Waals surface area contributed by atoms with Crippen molar-refractivity contribution < 1.29 is 14.3 Å². The van der Waals surface area contributed by atoms with E-state index in [0.29, 0.717) is 18.0 Å². The number of fused-ring (bicyclic) bond motifs is 1. The van der Waals surface area contributed by atoms with Gasteiger partial charge < -0.3 is 25.3 Å². The number of methoxy groups -OCH3 is 1. The molecule has 4 N–H and O–H groups in total. The number of nitrogens with one attached hydrogen (secondary N) is 2. The second-order valence-corrected chi connectivity index (χ2v) is 10.4. The molecule has 1 aliphatic rings. The van der Waals surface area contributed by atoms with E-state index in [1.807, 2.05) is 43.4 Å². The first-order valence-corrected chi connectivity index (χ1v) is 13.8. The predicted molar refractivity (Wildman–Crippen MR) is 156 cm³/mol. The first-order valence-electron chi connectivity index (χ1n) is 13.4. The van der Waals surface area contributed by atoms with Gasteiger partial charge >= 0.3 is 0 Å². The molecule has 0 radical (unpaired) electrons. The standard InChI is InChI=1S/C29H39N5O3S/c1-33(17-15-32-38)16-14-31-26(35)19-34-25-18-22(29(30)36)10-13-24(25)27(20-6-4-3-5-7-20)28(34)21-8-11-23(37-2)12-9-21/h8-13,18,20,32,38H,3-7,14-17,19H2,1-2H3,(H2,30,36)(H,31,35). The fourth-order valence-corrected chi connectivity index (χ4v) is 5.60. The van der Waals surface area contributed by atoms with Crippen LogP contribution in [0.3, 0.4) is 0 Å². The fraction of sp³-hybridized carbons (Fsp3) is 0.448. The molecule has 2 aromatic carbocycles. The molecule has 3 aromatic rings. The molecule has 1 fully saturated rings. The number of carbonyl (C=O) groups excluding carboxylic acids is 2. The molecule has 1 saturated carbocycles. The SMILES string of the molecule is COc1ccc(-c2c(C3CCCCC3)c3ccc(C(N)=O)cc3n2CC(=O)NCCN(C)CCNS)cc1. The highest BCUT2D eigenvalue weighted by Crippen LogP contribution is 2.44. The number of amides is 2. The first-order chi connectivity index (χ1) is 18.4. The van der Waals surface area contributed by atoms with Gasteiger partial charge in [-0.2, -0.15) is 0 Å². The van der Waals surface area contributed by atoms with Gasteiger partial charge in [0, 0.05) is 37.1 Å². The Labute approximate surface area is 230 Å². The van der Waals surface area contributed by atoms with Crippen LogP contribution in [0.4, 0.5) is 0 Å². The fourth-order valence-electron chi connectivity index (χ4n) is 5.50.